The molecule has 0 aromatic heterocycles. The number of rotatable bonds is 5. The Kier molecular flexibility index (Phi) is 5.43. The van der Waals surface area contributed by atoms with Crippen molar-refractivity contribution in [3.05, 3.63) is 40.9 Å². The van der Waals surface area contributed by atoms with Crippen LogP contribution in [0.3, 0.4) is 0 Å². The fraction of sp³-hybridized carbons (Fsp3) is 0.467. The van der Waals surface area contributed by atoms with Crippen molar-refractivity contribution < 1.29 is 14.2 Å². The summed E-state index contributed by atoms with van der Waals surface area (Å²) in [5, 5.41) is 0. The van der Waals surface area contributed by atoms with E-state index in [0.29, 0.717) is 19.8 Å². The summed E-state index contributed by atoms with van der Waals surface area (Å²) in [6, 6.07) is 7.76. The number of halogens is 1. The van der Waals surface area contributed by atoms with Crippen LogP contribution in [-0.2, 0) is 9.47 Å². The lowest BCUT2D eigenvalue weighted by Crippen LogP contribution is -2.40. The van der Waals surface area contributed by atoms with Crippen LogP contribution in [0.2, 0.25) is 0 Å². The highest BCUT2D eigenvalue weighted by Gasteiger charge is 2.24. The van der Waals surface area contributed by atoms with Crippen LogP contribution in [-0.4, -0.2) is 32.0 Å². The van der Waals surface area contributed by atoms with Gasteiger partial charge in [0.1, 0.15) is 24.6 Å². The third kappa shape index (κ3) is 4.34. The average Bonchev–Trinajstić information content (AvgIpc) is 2.46. The Labute approximate surface area is 122 Å². The maximum atomic E-state index is 5.93. The summed E-state index contributed by atoms with van der Waals surface area (Å²) >= 11 is 3.39. The molecule has 0 spiro atoms. The maximum absolute atomic E-state index is 5.93. The highest BCUT2D eigenvalue weighted by atomic mass is 79.9. The summed E-state index contributed by atoms with van der Waals surface area (Å²) in [4.78, 5) is 0. The molecule has 1 saturated heterocycles. The van der Waals surface area contributed by atoms with E-state index in [0.717, 1.165) is 22.2 Å². The first kappa shape index (κ1) is 14.6. The Morgan fingerprint density at radius 3 is 2.79 bits per heavy atom. The lowest BCUT2D eigenvalue weighted by Gasteiger charge is -2.31. The first-order chi connectivity index (χ1) is 9.19. The van der Waals surface area contributed by atoms with Crippen molar-refractivity contribution in [2.24, 2.45) is 0 Å². The summed E-state index contributed by atoms with van der Waals surface area (Å²) in [6.45, 7) is 7.75. The summed E-state index contributed by atoms with van der Waals surface area (Å²) < 4.78 is 18.2. The van der Waals surface area contributed by atoms with Gasteiger partial charge in [0.25, 0.3) is 0 Å². The second kappa shape index (κ2) is 7.08. The number of benzene rings is 1. The molecule has 19 heavy (non-hydrogen) atoms. The van der Waals surface area contributed by atoms with E-state index in [1.165, 1.54) is 0 Å². The Morgan fingerprint density at radius 1 is 1.37 bits per heavy atom. The van der Waals surface area contributed by atoms with Gasteiger partial charge in [-0.05, 0) is 36.3 Å². The highest BCUT2D eigenvalue weighted by Crippen LogP contribution is 2.19. The van der Waals surface area contributed by atoms with E-state index in [4.69, 9.17) is 14.2 Å². The fourth-order valence-electron chi connectivity index (χ4n) is 1.87. The largest absolute Gasteiger partial charge is 0.491 e. The van der Waals surface area contributed by atoms with Gasteiger partial charge in [0.2, 0.25) is 0 Å². The Balaban J connectivity index is 1.82. The van der Waals surface area contributed by atoms with Crippen molar-refractivity contribution in [3.8, 4) is 5.75 Å². The Hall–Kier alpha value is -0.840. The van der Waals surface area contributed by atoms with Gasteiger partial charge in [-0.3, -0.25) is 0 Å². The molecule has 1 aliphatic heterocycles. The highest BCUT2D eigenvalue weighted by molar-refractivity contribution is 9.10. The first-order valence-electron chi connectivity index (χ1n) is 6.48. The maximum Gasteiger partial charge on any atom is 0.119 e. The zero-order valence-corrected chi connectivity index (χ0v) is 12.7. The molecular formula is C15H19BrO3. The predicted molar refractivity (Wildman–Crippen MR) is 78.5 cm³/mol. The minimum atomic E-state index is -0.0364. The monoisotopic (exact) mass is 326 g/mol. The molecule has 3 nitrogen and oxygen atoms in total. The molecule has 1 heterocycles. The van der Waals surface area contributed by atoms with Gasteiger partial charge in [0.15, 0.2) is 0 Å². The molecule has 0 aliphatic carbocycles. The summed E-state index contributed by atoms with van der Waals surface area (Å²) in [5.74, 6) is 0.836. The second-order valence-electron chi connectivity index (χ2n) is 4.56. The fourth-order valence-corrected chi connectivity index (χ4v) is 2.13. The van der Waals surface area contributed by atoms with Crippen molar-refractivity contribution in [2.45, 2.75) is 25.6 Å². The SMILES string of the molecule is C=C(CC)C1COCC(COc2ccc(Br)cc2)O1. The zero-order chi connectivity index (χ0) is 13.7. The van der Waals surface area contributed by atoms with Crippen LogP contribution in [0.15, 0.2) is 40.9 Å². The van der Waals surface area contributed by atoms with Crippen molar-refractivity contribution >= 4 is 15.9 Å². The number of hydrogen-bond donors (Lipinski definition) is 0. The van der Waals surface area contributed by atoms with Crippen molar-refractivity contribution in [1.29, 1.82) is 0 Å². The quantitative estimate of drug-likeness (QED) is 0.774. The Bertz CT molecular complexity index is 416. The normalized spacial score (nSPS) is 23.1. The molecule has 1 aromatic carbocycles. The molecule has 0 saturated carbocycles. The molecule has 0 radical (unpaired) electrons. The summed E-state index contributed by atoms with van der Waals surface area (Å²) in [6.07, 6.45) is 0.872. The van der Waals surface area contributed by atoms with E-state index >= 15 is 0 Å². The van der Waals surface area contributed by atoms with E-state index < -0.39 is 0 Å². The molecule has 1 aliphatic rings. The topological polar surface area (TPSA) is 27.7 Å². The molecule has 2 rings (SSSR count). The van der Waals surface area contributed by atoms with Gasteiger partial charge in [-0.15, -0.1) is 0 Å². The van der Waals surface area contributed by atoms with Crippen LogP contribution in [0.25, 0.3) is 0 Å². The molecule has 0 amide bonds. The summed E-state index contributed by atoms with van der Waals surface area (Å²) in [5.41, 5.74) is 1.08. The van der Waals surface area contributed by atoms with Crippen LogP contribution in [0.4, 0.5) is 0 Å². The molecule has 2 atom stereocenters. The van der Waals surface area contributed by atoms with Crippen molar-refractivity contribution in [2.75, 3.05) is 19.8 Å². The van der Waals surface area contributed by atoms with E-state index in [1.807, 2.05) is 24.3 Å². The van der Waals surface area contributed by atoms with Crippen LogP contribution in [0.1, 0.15) is 13.3 Å². The van der Waals surface area contributed by atoms with Gasteiger partial charge in [0, 0.05) is 4.47 Å². The third-order valence-electron chi connectivity index (χ3n) is 3.09. The smallest absolute Gasteiger partial charge is 0.119 e. The van der Waals surface area contributed by atoms with Gasteiger partial charge in [-0.25, -0.2) is 0 Å². The van der Waals surface area contributed by atoms with E-state index in [-0.39, 0.29) is 12.2 Å². The first-order valence-corrected chi connectivity index (χ1v) is 7.27. The molecule has 1 fully saturated rings. The second-order valence-corrected chi connectivity index (χ2v) is 5.48. The molecule has 104 valence electrons. The lowest BCUT2D eigenvalue weighted by molar-refractivity contribution is -0.134. The van der Waals surface area contributed by atoms with Gasteiger partial charge in [0.05, 0.1) is 13.2 Å². The standard InChI is InChI=1S/C15H19BrO3/c1-3-11(2)15-10-17-8-14(19-15)9-18-13-6-4-12(16)5-7-13/h4-7,14-15H,2-3,8-10H2,1H3. The predicted octanol–water partition coefficient (Wildman–Crippen LogP) is 3.58. The average molecular weight is 327 g/mol. The van der Waals surface area contributed by atoms with Gasteiger partial charge in [-0.1, -0.05) is 29.4 Å². The molecular weight excluding hydrogens is 308 g/mol. The van der Waals surface area contributed by atoms with E-state index in [2.05, 4.69) is 29.4 Å². The van der Waals surface area contributed by atoms with E-state index in [1.54, 1.807) is 0 Å². The number of ether oxygens (including phenoxy) is 3. The minimum Gasteiger partial charge on any atom is -0.491 e. The molecule has 1 aromatic rings. The van der Waals surface area contributed by atoms with E-state index in [9.17, 15) is 0 Å². The van der Waals surface area contributed by atoms with Crippen LogP contribution in [0.5, 0.6) is 5.75 Å². The lowest BCUT2D eigenvalue weighted by atomic mass is 10.1. The minimum absolute atomic E-state index is 0.00253. The van der Waals surface area contributed by atoms with Gasteiger partial charge < -0.3 is 14.2 Å². The van der Waals surface area contributed by atoms with Crippen LogP contribution in [0, 0.1) is 0 Å². The molecule has 0 bridgehead atoms. The number of hydrogen-bond acceptors (Lipinski definition) is 3. The zero-order valence-electron chi connectivity index (χ0n) is 11.1. The van der Waals surface area contributed by atoms with Crippen molar-refractivity contribution in [1.82, 2.24) is 0 Å². The van der Waals surface area contributed by atoms with Crippen LogP contribution < -0.4 is 4.74 Å². The van der Waals surface area contributed by atoms with Gasteiger partial charge >= 0.3 is 0 Å². The van der Waals surface area contributed by atoms with Crippen molar-refractivity contribution in [3.63, 3.8) is 0 Å². The third-order valence-corrected chi connectivity index (χ3v) is 3.62. The molecule has 0 N–H and O–H groups in total. The molecule has 4 heteroatoms. The Morgan fingerprint density at radius 2 is 2.11 bits per heavy atom. The van der Waals surface area contributed by atoms with Crippen LogP contribution >= 0.6 is 15.9 Å². The summed E-state index contributed by atoms with van der Waals surface area (Å²) in [7, 11) is 0. The van der Waals surface area contributed by atoms with Gasteiger partial charge in [-0.2, -0.15) is 0 Å². The molecule has 2 unspecified atom stereocenters.